The minimum Gasteiger partial charge on any atom is -0.492 e. The molecule has 25 heavy (non-hydrogen) atoms. The van der Waals surface area contributed by atoms with Gasteiger partial charge in [-0.25, -0.2) is 0 Å². The van der Waals surface area contributed by atoms with E-state index in [9.17, 15) is 4.79 Å². The predicted molar refractivity (Wildman–Crippen MR) is 104 cm³/mol. The van der Waals surface area contributed by atoms with Gasteiger partial charge in [0.1, 0.15) is 5.75 Å². The average Bonchev–Trinajstić information content (AvgIpc) is 2.59. The molecule has 1 aromatic rings. The van der Waals surface area contributed by atoms with E-state index in [1.807, 2.05) is 25.1 Å². The number of thiocarbonyl (C=S) groups is 1. The van der Waals surface area contributed by atoms with E-state index in [0.29, 0.717) is 28.9 Å². The van der Waals surface area contributed by atoms with Gasteiger partial charge < -0.3 is 15.0 Å². The molecule has 6 heteroatoms. The van der Waals surface area contributed by atoms with Crippen LogP contribution in [0, 0.1) is 0 Å². The number of benzene rings is 1. The van der Waals surface area contributed by atoms with Gasteiger partial charge in [0.25, 0.3) is 0 Å². The number of ketones is 1. The maximum Gasteiger partial charge on any atom is 0.173 e. The van der Waals surface area contributed by atoms with Gasteiger partial charge in [-0.1, -0.05) is 24.6 Å². The van der Waals surface area contributed by atoms with Gasteiger partial charge >= 0.3 is 0 Å². The second-order valence-corrected chi connectivity index (χ2v) is 7.09. The maximum absolute atomic E-state index is 12.7. The summed E-state index contributed by atoms with van der Waals surface area (Å²) in [6.45, 7) is 5.43. The Kier molecular flexibility index (Phi) is 5.64. The summed E-state index contributed by atoms with van der Waals surface area (Å²) in [7, 11) is 0. The molecule has 1 N–H and O–H groups in total. The fourth-order valence-corrected chi connectivity index (χ4v) is 4.09. The number of hydrogen-bond donors (Lipinski definition) is 1. The van der Waals surface area contributed by atoms with E-state index in [-0.39, 0.29) is 11.8 Å². The number of Topliss-reactive ketones (excluding diaryl/α,β-unsaturated/α-hetero) is 1. The van der Waals surface area contributed by atoms with Gasteiger partial charge in [0, 0.05) is 24.2 Å². The Hall–Kier alpha value is -1.59. The number of nitrogens with zero attached hydrogens (tertiary/aromatic N) is 1. The molecule has 0 saturated heterocycles. The first-order chi connectivity index (χ1) is 12.1. The van der Waals surface area contributed by atoms with Crippen molar-refractivity contribution in [1.82, 2.24) is 10.2 Å². The molecular formula is C19H23ClN2O2S. The minimum atomic E-state index is -0.239. The first-order valence-corrected chi connectivity index (χ1v) is 9.62. The topological polar surface area (TPSA) is 41.6 Å². The van der Waals surface area contributed by atoms with Crippen LogP contribution in [0.5, 0.6) is 5.75 Å². The Balaban J connectivity index is 2.03. The summed E-state index contributed by atoms with van der Waals surface area (Å²) in [6, 6.07) is 5.45. The van der Waals surface area contributed by atoms with Crippen molar-refractivity contribution in [2.75, 3.05) is 13.2 Å². The number of carbonyl (C=O) groups excluding carboxylic acids is 1. The molecule has 0 radical (unpaired) electrons. The van der Waals surface area contributed by atoms with E-state index in [4.69, 9.17) is 28.6 Å². The number of ether oxygens (including phenoxy) is 1. The SMILES string of the molecule is CCCN1C(=S)NC(c2ccc(OCC)c(Cl)c2)C2=C1CCCC2=O. The Morgan fingerprint density at radius 2 is 2.16 bits per heavy atom. The summed E-state index contributed by atoms with van der Waals surface area (Å²) >= 11 is 11.9. The van der Waals surface area contributed by atoms with Crippen LogP contribution in [0.2, 0.25) is 5.02 Å². The Bertz CT molecular complexity index is 732. The smallest absolute Gasteiger partial charge is 0.173 e. The zero-order chi connectivity index (χ0) is 18.0. The first-order valence-electron chi connectivity index (χ1n) is 8.83. The highest BCUT2D eigenvalue weighted by atomic mass is 35.5. The third-order valence-corrected chi connectivity index (χ3v) is 5.23. The minimum absolute atomic E-state index is 0.201. The normalized spacial score (nSPS) is 20.4. The molecule has 1 unspecified atom stereocenters. The summed E-state index contributed by atoms with van der Waals surface area (Å²) < 4.78 is 5.51. The zero-order valence-corrected chi connectivity index (χ0v) is 16.2. The van der Waals surface area contributed by atoms with Gasteiger partial charge in [-0.3, -0.25) is 4.79 Å². The van der Waals surface area contributed by atoms with Crippen LogP contribution in [0.4, 0.5) is 0 Å². The monoisotopic (exact) mass is 378 g/mol. The van der Waals surface area contributed by atoms with Gasteiger partial charge in [0.15, 0.2) is 10.9 Å². The number of halogens is 1. The van der Waals surface area contributed by atoms with Crippen molar-refractivity contribution in [3.8, 4) is 5.75 Å². The van der Waals surface area contributed by atoms with Crippen molar-refractivity contribution >= 4 is 34.7 Å². The van der Waals surface area contributed by atoms with Gasteiger partial charge in [0.05, 0.1) is 17.7 Å². The number of allylic oxidation sites excluding steroid dienone is 1. The van der Waals surface area contributed by atoms with E-state index in [1.54, 1.807) is 0 Å². The van der Waals surface area contributed by atoms with Crippen LogP contribution in [0.25, 0.3) is 0 Å². The molecule has 1 aliphatic carbocycles. The third kappa shape index (κ3) is 3.53. The van der Waals surface area contributed by atoms with Gasteiger partial charge in [-0.2, -0.15) is 0 Å². The molecule has 3 rings (SSSR count). The molecule has 0 bridgehead atoms. The van der Waals surface area contributed by atoms with Crippen molar-refractivity contribution in [2.24, 2.45) is 0 Å². The first kappa shape index (κ1) is 18.2. The molecule has 0 aromatic heterocycles. The van der Waals surface area contributed by atoms with Crippen LogP contribution in [-0.4, -0.2) is 28.9 Å². The van der Waals surface area contributed by atoms with Crippen LogP contribution in [0.3, 0.4) is 0 Å². The highest BCUT2D eigenvalue weighted by Crippen LogP contribution is 2.39. The third-order valence-electron chi connectivity index (χ3n) is 4.59. The van der Waals surface area contributed by atoms with E-state index >= 15 is 0 Å². The van der Waals surface area contributed by atoms with Crippen molar-refractivity contribution < 1.29 is 9.53 Å². The lowest BCUT2D eigenvalue weighted by atomic mass is 9.84. The fraction of sp³-hybridized carbons (Fsp3) is 0.474. The summed E-state index contributed by atoms with van der Waals surface area (Å²) in [5.74, 6) is 0.857. The fourth-order valence-electron chi connectivity index (χ4n) is 3.53. The molecule has 0 amide bonds. The molecule has 1 atom stereocenters. The molecule has 2 aliphatic rings. The Morgan fingerprint density at radius 3 is 2.84 bits per heavy atom. The predicted octanol–water partition coefficient (Wildman–Crippen LogP) is 4.39. The summed E-state index contributed by atoms with van der Waals surface area (Å²) in [6.07, 6.45) is 3.35. The van der Waals surface area contributed by atoms with Crippen molar-refractivity contribution in [3.05, 3.63) is 40.1 Å². The number of nitrogens with one attached hydrogen (secondary N) is 1. The molecular weight excluding hydrogens is 356 g/mol. The molecule has 1 aromatic carbocycles. The van der Waals surface area contributed by atoms with Crippen LogP contribution in [0.15, 0.2) is 29.5 Å². The molecule has 0 spiro atoms. The van der Waals surface area contributed by atoms with Crippen molar-refractivity contribution in [3.63, 3.8) is 0 Å². The lowest BCUT2D eigenvalue weighted by molar-refractivity contribution is -0.116. The maximum atomic E-state index is 12.7. The second kappa shape index (κ2) is 7.75. The molecule has 134 valence electrons. The average molecular weight is 379 g/mol. The molecule has 1 aliphatic heterocycles. The van der Waals surface area contributed by atoms with Crippen LogP contribution in [0.1, 0.15) is 51.1 Å². The Morgan fingerprint density at radius 1 is 1.36 bits per heavy atom. The van der Waals surface area contributed by atoms with E-state index in [1.165, 1.54) is 0 Å². The van der Waals surface area contributed by atoms with Gasteiger partial charge in [-0.15, -0.1) is 0 Å². The largest absolute Gasteiger partial charge is 0.492 e. The molecule has 4 nitrogen and oxygen atoms in total. The van der Waals surface area contributed by atoms with Crippen molar-refractivity contribution in [2.45, 2.75) is 45.6 Å². The van der Waals surface area contributed by atoms with Gasteiger partial charge in [-0.05, 0) is 56.1 Å². The molecule has 0 fully saturated rings. The highest BCUT2D eigenvalue weighted by molar-refractivity contribution is 7.80. The number of carbonyl (C=O) groups is 1. The second-order valence-electron chi connectivity index (χ2n) is 6.29. The number of rotatable bonds is 5. The number of hydrogen-bond acceptors (Lipinski definition) is 3. The summed E-state index contributed by atoms with van der Waals surface area (Å²) in [5.41, 5.74) is 2.86. The van der Waals surface area contributed by atoms with Crippen LogP contribution in [-0.2, 0) is 4.79 Å². The van der Waals surface area contributed by atoms with E-state index in [2.05, 4.69) is 17.1 Å². The zero-order valence-electron chi connectivity index (χ0n) is 14.6. The van der Waals surface area contributed by atoms with Crippen LogP contribution < -0.4 is 10.1 Å². The lowest BCUT2D eigenvalue weighted by Crippen LogP contribution is -2.49. The van der Waals surface area contributed by atoms with E-state index < -0.39 is 0 Å². The standard InChI is InChI=1S/C19H23ClN2O2S/c1-3-10-22-14-6-5-7-15(23)17(14)18(21-19(22)25)12-8-9-16(24-4-2)13(20)11-12/h8-9,11,18H,3-7,10H2,1-2H3,(H,21,25). The summed E-state index contributed by atoms with van der Waals surface area (Å²) in [5, 5.41) is 4.59. The van der Waals surface area contributed by atoms with Gasteiger partial charge in [0.2, 0.25) is 0 Å². The Labute approximate surface area is 159 Å². The highest BCUT2D eigenvalue weighted by Gasteiger charge is 2.36. The molecule has 1 heterocycles. The van der Waals surface area contributed by atoms with E-state index in [0.717, 1.165) is 42.6 Å². The molecule has 0 saturated carbocycles. The van der Waals surface area contributed by atoms with Crippen molar-refractivity contribution in [1.29, 1.82) is 0 Å². The summed E-state index contributed by atoms with van der Waals surface area (Å²) in [4.78, 5) is 14.8. The lowest BCUT2D eigenvalue weighted by Gasteiger charge is -2.41. The quantitative estimate of drug-likeness (QED) is 0.770. The van der Waals surface area contributed by atoms with Crippen LogP contribution >= 0.6 is 23.8 Å².